The predicted molar refractivity (Wildman–Crippen MR) is 58.8 cm³/mol. The van der Waals surface area contributed by atoms with Crippen LogP contribution in [0.4, 0.5) is 0 Å². The van der Waals surface area contributed by atoms with Gasteiger partial charge in [0.25, 0.3) is 0 Å². The molecule has 0 aromatic carbocycles. The molecule has 15 heavy (non-hydrogen) atoms. The fourth-order valence-electron chi connectivity index (χ4n) is 4.08. The Hall–Kier alpha value is -0.0900. The van der Waals surface area contributed by atoms with Crippen molar-refractivity contribution in [2.75, 3.05) is 19.3 Å². The minimum absolute atomic E-state index is 0.687. The maximum atomic E-state index is 11.5. The summed E-state index contributed by atoms with van der Waals surface area (Å²) in [5, 5.41) is 0. The number of nitrogens with zero attached hydrogens (tertiary/aromatic N) is 1. The van der Waals surface area contributed by atoms with Gasteiger partial charge in [0.2, 0.25) is 10.0 Å². The zero-order chi connectivity index (χ0) is 10.6. The van der Waals surface area contributed by atoms with Gasteiger partial charge in [-0.3, -0.25) is 0 Å². The van der Waals surface area contributed by atoms with Crippen LogP contribution >= 0.6 is 0 Å². The lowest BCUT2D eigenvalue weighted by Gasteiger charge is -2.45. The van der Waals surface area contributed by atoms with Gasteiger partial charge in [0.05, 0.1) is 6.26 Å². The summed E-state index contributed by atoms with van der Waals surface area (Å²) in [4.78, 5) is 0. The van der Waals surface area contributed by atoms with E-state index >= 15 is 0 Å². The van der Waals surface area contributed by atoms with Gasteiger partial charge in [-0.15, -0.1) is 0 Å². The molecule has 2 atom stereocenters. The monoisotopic (exact) mass is 229 g/mol. The van der Waals surface area contributed by atoms with Gasteiger partial charge in [0.15, 0.2) is 0 Å². The molecule has 0 amide bonds. The van der Waals surface area contributed by atoms with Crippen molar-refractivity contribution < 1.29 is 8.42 Å². The quantitative estimate of drug-likeness (QED) is 0.680. The Morgan fingerprint density at radius 3 is 1.67 bits per heavy atom. The van der Waals surface area contributed by atoms with Gasteiger partial charge < -0.3 is 0 Å². The molecular formula is C11H19NO2S. The highest BCUT2D eigenvalue weighted by Gasteiger charge is 2.49. The van der Waals surface area contributed by atoms with E-state index in [9.17, 15) is 8.42 Å². The maximum Gasteiger partial charge on any atom is 0.211 e. The molecule has 2 unspecified atom stereocenters. The van der Waals surface area contributed by atoms with Crippen molar-refractivity contribution in [3.05, 3.63) is 0 Å². The molecule has 3 aliphatic carbocycles. The van der Waals surface area contributed by atoms with E-state index in [1.807, 2.05) is 0 Å². The van der Waals surface area contributed by atoms with E-state index in [-0.39, 0.29) is 0 Å². The Balaban J connectivity index is 1.85. The summed E-state index contributed by atoms with van der Waals surface area (Å²) in [5.74, 6) is 3.03. The highest BCUT2D eigenvalue weighted by molar-refractivity contribution is 7.88. The number of rotatable bonds is 1. The number of hydrogen-bond acceptors (Lipinski definition) is 2. The second-order valence-electron chi connectivity index (χ2n) is 5.58. The van der Waals surface area contributed by atoms with Crippen LogP contribution < -0.4 is 0 Å². The molecule has 0 aromatic rings. The van der Waals surface area contributed by atoms with Crippen molar-refractivity contribution in [3.8, 4) is 0 Å². The van der Waals surface area contributed by atoms with Crippen LogP contribution in [0.5, 0.6) is 0 Å². The molecule has 4 fully saturated rings. The highest BCUT2D eigenvalue weighted by atomic mass is 32.2. The van der Waals surface area contributed by atoms with Gasteiger partial charge >= 0.3 is 0 Å². The van der Waals surface area contributed by atoms with Gasteiger partial charge in [0, 0.05) is 13.1 Å². The van der Waals surface area contributed by atoms with E-state index in [1.165, 1.54) is 31.9 Å². The molecule has 4 rings (SSSR count). The SMILES string of the molecule is CS(=O)(=O)N1CC2C3CCC(CC3)C2C1. The van der Waals surface area contributed by atoms with Crippen molar-refractivity contribution in [2.45, 2.75) is 25.7 Å². The first-order chi connectivity index (χ1) is 7.05. The zero-order valence-electron chi connectivity index (χ0n) is 9.22. The Labute approximate surface area is 91.9 Å². The molecule has 4 heteroatoms. The van der Waals surface area contributed by atoms with Crippen LogP contribution in [0.25, 0.3) is 0 Å². The van der Waals surface area contributed by atoms with Crippen molar-refractivity contribution in [1.82, 2.24) is 4.31 Å². The van der Waals surface area contributed by atoms with Crippen LogP contribution in [0, 0.1) is 23.7 Å². The molecule has 2 bridgehead atoms. The summed E-state index contributed by atoms with van der Waals surface area (Å²) in [6.07, 6.45) is 6.76. The van der Waals surface area contributed by atoms with Crippen LogP contribution in [0.2, 0.25) is 0 Å². The van der Waals surface area contributed by atoms with Crippen LogP contribution in [0.1, 0.15) is 25.7 Å². The normalized spacial score (nSPS) is 45.7. The van der Waals surface area contributed by atoms with Gasteiger partial charge in [-0.25, -0.2) is 12.7 Å². The van der Waals surface area contributed by atoms with Gasteiger partial charge in [-0.2, -0.15) is 0 Å². The molecule has 0 spiro atoms. The van der Waals surface area contributed by atoms with Crippen molar-refractivity contribution in [2.24, 2.45) is 23.7 Å². The van der Waals surface area contributed by atoms with Gasteiger partial charge in [-0.05, 0) is 49.4 Å². The van der Waals surface area contributed by atoms with Crippen molar-refractivity contribution in [1.29, 1.82) is 0 Å². The first-order valence-corrected chi connectivity index (χ1v) is 7.85. The minimum atomic E-state index is -2.95. The van der Waals surface area contributed by atoms with Gasteiger partial charge in [0.1, 0.15) is 0 Å². The molecule has 3 nitrogen and oxygen atoms in total. The average molecular weight is 229 g/mol. The largest absolute Gasteiger partial charge is 0.213 e. The topological polar surface area (TPSA) is 37.4 Å². The maximum absolute atomic E-state index is 11.5. The standard InChI is InChI=1S/C11H19NO2S/c1-15(13,14)12-6-10-8-2-3-9(5-4-8)11(10)7-12/h8-11H,2-7H2,1H3. The highest BCUT2D eigenvalue weighted by Crippen LogP contribution is 2.52. The Kier molecular flexibility index (Phi) is 2.15. The van der Waals surface area contributed by atoms with E-state index in [0.717, 1.165) is 24.9 Å². The van der Waals surface area contributed by atoms with Crippen LogP contribution in [-0.4, -0.2) is 32.1 Å². The average Bonchev–Trinajstić information content (AvgIpc) is 2.64. The third-order valence-corrected chi connectivity index (χ3v) is 6.11. The summed E-state index contributed by atoms with van der Waals surface area (Å²) < 4.78 is 24.8. The lowest BCUT2D eigenvalue weighted by molar-refractivity contribution is 0.0577. The Bertz CT molecular complexity index is 337. The molecule has 1 aliphatic heterocycles. The number of hydrogen-bond donors (Lipinski definition) is 0. The second-order valence-corrected chi connectivity index (χ2v) is 7.56. The molecule has 4 aliphatic rings. The molecule has 1 saturated heterocycles. The Morgan fingerprint density at radius 2 is 1.33 bits per heavy atom. The van der Waals surface area contributed by atoms with Crippen molar-refractivity contribution in [3.63, 3.8) is 0 Å². The first kappa shape index (κ1) is 10.1. The fourth-order valence-corrected chi connectivity index (χ4v) is 4.97. The third kappa shape index (κ3) is 1.53. The summed E-state index contributed by atoms with van der Waals surface area (Å²) in [6, 6.07) is 0. The van der Waals surface area contributed by atoms with Crippen LogP contribution in [0.3, 0.4) is 0 Å². The molecule has 0 aromatic heterocycles. The molecular weight excluding hydrogens is 210 g/mol. The lowest BCUT2D eigenvalue weighted by Crippen LogP contribution is -2.38. The molecule has 1 heterocycles. The summed E-state index contributed by atoms with van der Waals surface area (Å²) in [6.45, 7) is 1.62. The summed E-state index contributed by atoms with van der Waals surface area (Å²) in [5.41, 5.74) is 0. The minimum Gasteiger partial charge on any atom is -0.213 e. The van der Waals surface area contributed by atoms with Crippen LogP contribution in [0.15, 0.2) is 0 Å². The van der Waals surface area contributed by atoms with E-state index in [4.69, 9.17) is 0 Å². The first-order valence-electron chi connectivity index (χ1n) is 6.01. The van der Waals surface area contributed by atoms with Gasteiger partial charge in [-0.1, -0.05) is 0 Å². The van der Waals surface area contributed by atoms with E-state index in [0.29, 0.717) is 11.8 Å². The third-order valence-electron chi connectivity index (χ3n) is 4.88. The molecule has 86 valence electrons. The van der Waals surface area contributed by atoms with E-state index in [1.54, 1.807) is 4.31 Å². The molecule has 0 radical (unpaired) electrons. The van der Waals surface area contributed by atoms with E-state index < -0.39 is 10.0 Å². The predicted octanol–water partition coefficient (Wildman–Crippen LogP) is 1.31. The second kappa shape index (κ2) is 3.20. The number of sulfonamides is 1. The summed E-state index contributed by atoms with van der Waals surface area (Å²) >= 11 is 0. The summed E-state index contributed by atoms with van der Waals surface area (Å²) in [7, 11) is -2.95. The zero-order valence-corrected chi connectivity index (χ0v) is 10.0. The lowest BCUT2D eigenvalue weighted by atomic mass is 9.60. The molecule has 3 saturated carbocycles. The smallest absolute Gasteiger partial charge is 0.211 e. The number of fused-ring (bicyclic) bond motifs is 2. The molecule has 0 N–H and O–H groups in total. The van der Waals surface area contributed by atoms with Crippen molar-refractivity contribution >= 4 is 10.0 Å². The fraction of sp³-hybridized carbons (Fsp3) is 1.00. The van der Waals surface area contributed by atoms with Crippen LogP contribution in [-0.2, 0) is 10.0 Å². The van der Waals surface area contributed by atoms with E-state index in [2.05, 4.69) is 0 Å². The Morgan fingerprint density at radius 1 is 0.933 bits per heavy atom.